The van der Waals surface area contributed by atoms with Crippen LogP contribution in [0, 0.1) is 0 Å². The van der Waals surface area contributed by atoms with Gasteiger partial charge in [0.15, 0.2) is 6.29 Å². The normalized spacial score (nSPS) is 40.2. The van der Waals surface area contributed by atoms with Crippen LogP contribution in [0.15, 0.2) is 0 Å². The van der Waals surface area contributed by atoms with Gasteiger partial charge < -0.3 is 14.2 Å². The smallest absolute Gasteiger partial charge is 0.157 e. The van der Waals surface area contributed by atoms with Crippen molar-refractivity contribution < 1.29 is 14.2 Å². The maximum absolute atomic E-state index is 5.51. The second kappa shape index (κ2) is 3.73. The molecule has 0 aromatic carbocycles. The van der Waals surface area contributed by atoms with Crippen molar-refractivity contribution in [2.45, 2.75) is 44.7 Å². The van der Waals surface area contributed by atoms with Gasteiger partial charge in [0.25, 0.3) is 0 Å². The zero-order valence-electron chi connectivity index (χ0n) is 7.49. The molecule has 2 heterocycles. The molecule has 2 aliphatic rings. The second-order valence-electron chi connectivity index (χ2n) is 3.45. The lowest BCUT2D eigenvalue weighted by Gasteiger charge is -2.15. The molecule has 0 amide bonds. The summed E-state index contributed by atoms with van der Waals surface area (Å²) in [5.74, 6) is 0. The first kappa shape index (κ1) is 8.48. The highest BCUT2D eigenvalue weighted by Crippen LogP contribution is 2.27. The number of fused-ring (bicyclic) bond motifs is 1. The Kier molecular flexibility index (Phi) is 2.63. The van der Waals surface area contributed by atoms with Gasteiger partial charge in [0.1, 0.15) is 12.2 Å². The lowest BCUT2D eigenvalue weighted by Crippen LogP contribution is -2.17. The summed E-state index contributed by atoms with van der Waals surface area (Å²) in [6.07, 6.45) is 4.10. The van der Waals surface area contributed by atoms with Crippen molar-refractivity contribution in [3.8, 4) is 0 Å². The Labute approximate surface area is 73.0 Å². The molecule has 0 bridgehead atoms. The van der Waals surface area contributed by atoms with Crippen LogP contribution in [0.3, 0.4) is 0 Å². The molecule has 0 aliphatic carbocycles. The summed E-state index contributed by atoms with van der Waals surface area (Å²) >= 11 is 0. The van der Waals surface area contributed by atoms with Gasteiger partial charge >= 0.3 is 0 Å². The van der Waals surface area contributed by atoms with Crippen molar-refractivity contribution >= 4 is 0 Å². The van der Waals surface area contributed by atoms with E-state index in [1.165, 1.54) is 12.8 Å². The highest BCUT2D eigenvalue weighted by molar-refractivity contribution is 4.86. The number of ether oxygens (including phenoxy) is 3. The summed E-state index contributed by atoms with van der Waals surface area (Å²) in [6, 6.07) is 0. The molecule has 0 saturated carbocycles. The van der Waals surface area contributed by atoms with Crippen LogP contribution < -0.4 is 0 Å². The van der Waals surface area contributed by atoms with Gasteiger partial charge in [-0.15, -0.1) is 0 Å². The summed E-state index contributed by atoms with van der Waals surface area (Å²) < 4.78 is 16.3. The topological polar surface area (TPSA) is 31.0 Å². The zero-order chi connectivity index (χ0) is 8.39. The molecular formula is C9H16O3. The average Bonchev–Trinajstić information content (AvgIpc) is 2.80. The van der Waals surface area contributed by atoms with Gasteiger partial charge in [-0.1, -0.05) is 13.3 Å². The van der Waals surface area contributed by atoms with E-state index in [1.807, 2.05) is 0 Å². The molecule has 3 heteroatoms. The number of epoxide rings is 1. The molecule has 2 rings (SSSR count). The van der Waals surface area contributed by atoms with Crippen LogP contribution in [0.4, 0.5) is 0 Å². The minimum atomic E-state index is 0.0290. The largest absolute Gasteiger partial charge is 0.365 e. The second-order valence-corrected chi connectivity index (χ2v) is 3.45. The summed E-state index contributed by atoms with van der Waals surface area (Å²) in [6.45, 7) is 3.62. The minimum absolute atomic E-state index is 0.0290. The molecule has 12 heavy (non-hydrogen) atoms. The quantitative estimate of drug-likeness (QED) is 0.601. The molecule has 2 saturated heterocycles. The Morgan fingerprint density at radius 2 is 1.83 bits per heavy atom. The fraction of sp³-hybridized carbons (Fsp3) is 1.00. The molecule has 2 fully saturated rings. The van der Waals surface area contributed by atoms with Crippen LogP contribution in [0.25, 0.3) is 0 Å². The Morgan fingerprint density at radius 1 is 1.17 bits per heavy atom. The average molecular weight is 172 g/mol. The van der Waals surface area contributed by atoms with Crippen molar-refractivity contribution in [1.82, 2.24) is 0 Å². The Hall–Kier alpha value is -0.120. The van der Waals surface area contributed by atoms with Crippen LogP contribution in [0.1, 0.15) is 26.2 Å². The summed E-state index contributed by atoms with van der Waals surface area (Å²) in [7, 11) is 0. The molecule has 70 valence electrons. The SMILES string of the molecule is CCCCC1OCC2OC2CO1. The molecule has 0 N–H and O–H groups in total. The Balaban J connectivity index is 1.69. The predicted molar refractivity (Wildman–Crippen MR) is 43.9 cm³/mol. The third-order valence-corrected chi connectivity index (χ3v) is 2.37. The molecule has 0 radical (unpaired) electrons. The third-order valence-electron chi connectivity index (χ3n) is 2.37. The standard InChI is InChI=1S/C9H16O3/c1-2-3-4-9-10-5-7-8(12-7)6-11-9/h7-9H,2-6H2,1H3. The number of hydrogen-bond acceptors (Lipinski definition) is 3. The molecule has 2 atom stereocenters. The lowest BCUT2D eigenvalue weighted by atomic mass is 10.2. The maximum atomic E-state index is 5.51. The molecule has 0 aromatic rings. The van der Waals surface area contributed by atoms with Gasteiger partial charge in [-0.2, -0.15) is 0 Å². The molecule has 2 aliphatic heterocycles. The first-order valence-corrected chi connectivity index (χ1v) is 4.79. The molecule has 0 spiro atoms. The van der Waals surface area contributed by atoms with Crippen LogP contribution >= 0.6 is 0 Å². The van der Waals surface area contributed by atoms with E-state index >= 15 is 0 Å². The summed E-state index contributed by atoms with van der Waals surface area (Å²) in [4.78, 5) is 0. The van der Waals surface area contributed by atoms with E-state index in [4.69, 9.17) is 14.2 Å². The van der Waals surface area contributed by atoms with E-state index in [0.717, 1.165) is 19.6 Å². The van der Waals surface area contributed by atoms with Gasteiger partial charge in [-0.05, 0) is 12.8 Å². The highest BCUT2D eigenvalue weighted by atomic mass is 16.7. The monoisotopic (exact) mass is 172 g/mol. The van der Waals surface area contributed by atoms with Crippen molar-refractivity contribution in [2.75, 3.05) is 13.2 Å². The highest BCUT2D eigenvalue weighted by Gasteiger charge is 2.42. The summed E-state index contributed by atoms with van der Waals surface area (Å²) in [5.41, 5.74) is 0. The Bertz CT molecular complexity index is 137. The summed E-state index contributed by atoms with van der Waals surface area (Å²) in [5, 5.41) is 0. The first-order chi connectivity index (χ1) is 5.90. The van der Waals surface area contributed by atoms with Gasteiger partial charge in [-0.25, -0.2) is 0 Å². The van der Waals surface area contributed by atoms with Gasteiger partial charge in [0.2, 0.25) is 0 Å². The van der Waals surface area contributed by atoms with Gasteiger partial charge in [0.05, 0.1) is 13.2 Å². The van der Waals surface area contributed by atoms with Gasteiger partial charge in [-0.3, -0.25) is 0 Å². The van der Waals surface area contributed by atoms with E-state index in [0.29, 0.717) is 12.2 Å². The van der Waals surface area contributed by atoms with Crippen LogP contribution in [-0.2, 0) is 14.2 Å². The molecule has 0 aromatic heterocycles. The van der Waals surface area contributed by atoms with E-state index in [2.05, 4.69) is 6.92 Å². The molecule has 2 unspecified atom stereocenters. The molecule has 3 nitrogen and oxygen atoms in total. The fourth-order valence-electron chi connectivity index (χ4n) is 1.46. The van der Waals surface area contributed by atoms with E-state index < -0.39 is 0 Å². The predicted octanol–water partition coefficient (Wildman–Crippen LogP) is 1.32. The van der Waals surface area contributed by atoms with Crippen molar-refractivity contribution in [1.29, 1.82) is 0 Å². The van der Waals surface area contributed by atoms with Crippen LogP contribution in [0.5, 0.6) is 0 Å². The van der Waals surface area contributed by atoms with Crippen molar-refractivity contribution in [2.24, 2.45) is 0 Å². The third kappa shape index (κ3) is 1.97. The fourth-order valence-corrected chi connectivity index (χ4v) is 1.46. The van der Waals surface area contributed by atoms with E-state index in [-0.39, 0.29) is 6.29 Å². The van der Waals surface area contributed by atoms with Crippen LogP contribution in [0.2, 0.25) is 0 Å². The van der Waals surface area contributed by atoms with E-state index in [1.54, 1.807) is 0 Å². The number of hydrogen-bond donors (Lipinski definition) is 0. The Morgan fingerprint density at radius 3 is 2.42 bits per heavy atom. The molecular weight excluding hydrogens is 156 g/mol. The first-order valence-electron chi connectivity index (χ1n) is 4.79. The minimum Gasteiger partial charge on any atom is -0.365 e. The number of rotatable bonds is 3. The van der Waals surface area contributed by atoms with E-state index in [9.17, 15) is 0 Å². The number of unbranched alkanes of at least 4 members (excludes halogenated alkanes) is 1. The van der Waals surface area contributed by atoms with Crippen molar-refractivity contribution in [3.05, 3.63) is 0 Å². The van der Waals surface area contributed by atoms with Crippen LogP contribution in [-0.4, -0.2) is 31.7 Å². The van der Waals surface area contributed by atoms with Crippen molar-refractivity contribution in [3.63, 3.8) is 0 Å². The lowest BCUT2D eigenvalue weighted by molar-refractivity contribution is -0.146. The van der Waals surface area contributed by atoms with Gasteiger partial charge in [0, 0.05) is 0 Å². The zero-order valence-corrected chi connectivity index (χ0v) is 7.49. The maximum Gasteiger partial charge on any atom is 0.157 e.